The normalized spacial score (nSPS) is 14.3. The fraction of sp³-hybridized carbons (Fsp3) is 0.143. The maximum atomic E-state index is 4.58. The van der Waals surface area contributed by atoms with Gasteiger partial charge in [0, 0.05) is 0 Å². The Kier molecular flexibility index (Phi) is 5.90. The van der Waals surface area contributed by atoms with Crippen molar-refractivity contribution in [2.45, 2.75) is 13.8 Å². The van der Waals surface area contributed by atoms with Crippen molar-refractivity contribution < 1.29 is 10.1 Å². The van der Waals surface area contributed by atoms with E-state index in [1.165, 1.54) is 0 Å². The molecule has 3 rings (SSSR count). The van der Waals surface area contributed by atoms with E-state index >= 15 is 0 Å². The van der Waals surface area contributed by atoms with Crippen LogP contribution in [0.1, 0.15) is 13.8 Å². The zero-order valence-corrected chi connectivity index (χ0v) is 18.1. The minimum atomic E-state index is 0.0650. The first-order valence-electron chi connectivity index (χ1n) is 5.91. The van der Waals surface area contributed by atoms with Crippen LogP contribution in [0.25, 0.3) is 22.8 Å². The van der Waals surface area contributed by atoms with Gasteiger partial charge in [-0.1, -0.05) is 50.3 Å². The molecule has 0 saturated carbocycles. The Labute approximate surface area is 142 Å². The average Bonchev–Trinajstić information content (AvgIpc) is 2.39. The van der Waals surface area contributed by atoms with Crippen LogP contribution in [0.3, 0.4) is 0 Å². The molecule has 2 nitrogen and oxygen atoms in total. The molecule has 1 aromatic rings. The summed E-state index contributed by atoms with van der Waals surface area (Å²) in [6.45, 7) is 4.02. The molecule has 2 heterocycles. The number of fused-ring (bicyclic) bond motifs is 3. The first-order valence-corrected chi connectivity index (χ1v) is 24.0. The summed E-state index contributed by atoms with van der Waals surface area (Å²) in [5.74, 6) is 0. The summed E-state index contributed by atoms with van der Waals surface area (Å²) in [5.41, 5.74) is 4.06. The summed E-state index contributed by atoms with van der Waals surface area (Å²) in [4.78, 5) is 0. The molecule has 0 aromatic heterocycles. The van der Waals surface area contributed by atoms with Gasteiger partial charge in [0.05, 0.1) is 0 Å². The first-order chi connectivity index (χ1) is 9.15. The van der Waals surface area contributed by atoms with Crippen LogP contribution in [0, 0.1) is 0 Å². The zero-order valence-electron chi connectivity index (χ0n) is 10.8. The molecular formula is C14H12I2N2Zn-2. The van der Waals surface area contributed by atoms with Gasteiger partial charge in [-0.05, 0) is 10.4 Å². The number of halogens is 2. The van der Waals surface area contributed by atoms with Crippen molar-refractivity contribution in [2.75, 3.05) is 0 Å². The number of rotatable bonds is 0. The maximum absolute atomic E-state index is 4.58. The van der Waals surface area contributed by atoms with Crippen molar-refractivity contribution in [3.63, 3.8) is 0 Å². The van der Waals surface area contributed by atoms with Crippen LogP contribution in [0.5, 0.6) is 0 Å². The van der Waals surface area contributed by atoms with Gasteiger partial charge < -0.3 is 10.6 Å². The zero-order chi connectivity index (χ0) is 13.8. The van der Waals surface area contributed by atoms with Gasteiger partial charge in [0.2, 0.25) is 0 Å². The summed E-state index contributed by atoms with van der Waals surface area (Å²) < 4.78 is 0. The predicted octanol–water partition coefficient (Wildman–Crippen LogP) is 4.86. The van der Waals surface area contributed by atoms with E-state index in [0.29, 0.717) is 0 Å². The number of benzene rings is 1. The number of hydrogen-bond donors (Lipinski definition) is 0. The molecule has 0 unspecified atom stereocenters. The van der Waals surface area contributed by atoms with Crippen LogP contribution in [0.15, 0.2) is 35.7 Å². The Hall–Kier alpha value is 0.123. The van der Waals surface area contributed by atoms with Crippen LogP contribution in [-0.2, 0) is 10.1 Å². The van der Waals surface area contributed by atoms with Crippen LogP contribution >= 0.6 is 39.5 Å². The molecule has 5 heteroatoms. The molecule has 1 aromatic carbocycles. The standard InChI is InChI=1S/C14H12N2.2HI.Zn/c1-9-3-5-11-7-8-12-6-4-10(2)16-14(12)13(11)15-9;;;/h3-8H,1-2H3;2*1H;/q-2;;;+2/p-2. The molecule has 0 spiro atoms. The van der Waals surface area contributed by atoms with Crippen molar-refractivity contribution in [1.29, 1.82) is 0 Å². The molecule has 2 aliphatic heterocycles. The van der Waals surface area contributed by atoms with E-state index in [1.807, 2.05) is 26.0 Å². The topological polar surface area (TPSA) is 28.2 Å². The third-order valence-corrected chi connectivity index (χ3v) is 2.80. The van der Waals surface area contributed by atoms with Gasteiger partial charge in [-0.25, -0.2) is 0 Å². The van der Waals surface area contributed by atoms with Crippen molar-refractivity contribution in [3.8, 4) is 0 Å². The van der Waals surface area contributed by atoms with E-state index in [4.69, 9.17) is 0 Å². The molecule has 0 aliphatic carbocycles. The molecule has 0 atom stereocenters. The van der Waals surface area contributed by atoms with Crippen molar-refractivity contribution in [2.24, 2.45) is 0 Å². The van der Waals surface area contributed by atoms with Gasteiger partial charge in [-0.2, -0.15) is 11.4 Å². The van der Waals surface area contributed by atoms with E-state index < -0.39 is 0 Å². The second-order valence-corrected chi connectivity index (χ2v) is 27.7. The fourth-order valence-electron chi connectivity index (χ4n) is 1.96. The van der Waals surface area contributed by atoms with Gasteiger partial charge in [0.25, 0.3) is 0 Å². The molecule has 0 N–H and O–H groups in total. The molecule has 0 saturated heterocycles. The van der Waals surface area contributed by atoms with Crippen LogP contribution < -0.4 is 10.4 Å². The molecule has 96 valence electrons. The Morgan fingerprint density at radius 3 is 1.53 bits per heavy atom. The van der Waals surface area contributed by atoms with Gasteiger partial charge in [0.1, 0.15) is 0 Å². The predicted molar refractivity (Wildman–Crippen MR) is 96.2 cm³/mol. The van der Waals surface area contributed by atoms with Crippen LogP contribution in [0.2, 0.25) is 0 Å². The quantitative estimate of drug-likeness (QED) is 0.341. The van der Waals surface area contributed by atoms with Gasteiger partial charge >= 0.3 is 49.6 Å². The van der Waals surface area contributed by atoms with Crippen molar-refractivity contribution >= 4 is 63.0 Å². The fourth-order valence-corrected chi connectivity index (χ4v) is 1.96. The van der Waals surface area contributed by atoms with E-state index in [9.17, 15) is 0 Å². The SMILES string of the molecule is CC1=CC=c2ccc3c(c2[N-]1)[N-]C(C)=CC=3.[I][Zn][I]. The molecule has 19 heavy (non-hydrogen) atoms. The second kappa shape index (κ2) is 7.22. The molecule has 0 radical (unpaired) electrons. The summed E-state index contributed by atoms with van der Waals surface area (Å²) >= 11 is 4.93. The molecule has 0 bridgehead atoms. The van der Waals surface area contributed by atoms with Gasteiger partial charge in [-0.15, -0.1) is 11.4 Å². The molecular weight excluding hydrogens is 515 g/mol. The third-order valence-electron chi connectivity index (χ3n) is 2.80. The Balaban J connectivity index is 0.000000408. The van der Waals surface area contributed by atoms with E-state index in [0.717, 1.165) is 33.2 Å². The second-order valence-electron chi connectivity index (χ2n) is 4.22. The van der Waals surface area contributed by atoms with Crippen molar-refractivity contribution in [1.82, 2.24) is 0 Å². The van der Waals surface area contributed by atoms with Gasteiger partial charge in [0.15, 0.2) is 0 Å². The Morgan fingerprint density at radius 1 is 0.789 bits per heavy atom. The van der Waals surface area contributed by atoms with E-state index in [2.05, 4.69) is 74.4 Å². The van der Waals surface area contributed by atoms with E-state index in [1.54, 1.807) is 0 Å². The summed E-state index contributed by atoms with van der Waals surface area (Å²) in [7, 11) is 0.0650. The first kappa shape index (κ1) is 15.5. The van der Waals surface area contributed by atoms with Gasteiger partial charge in [-0.3, -0.25) is 0 Å². The van der Waals surface area contributed by atoms with Crippen LogP contribution in [0.4, 0.5) is 11.4 Å². The summed E-state index contributed by atoms with van der Waals surface area (Å²) in [6.07, 6.45) is 8.26. The van der Waals surface area contributed by atoms with Crippen LogP contribution in [-0.4, -0.2) is 0 Å². The Bertz CT molecular complexity index is 606. The third kappa shape index (κ3) is 3.82. The average molecular weight is 527 g/mol. The Morgan fingerprint density at radius 2 is 1.16 bits per heavy atom. The van der Waals surface area contributed by atoms with E-state index in [-0.39, 0.29) is 10.1 Å². The minimum absolute atomic E-state index is 0.0650. The molecule has 0 fully saturated rings. The summed E-state index contributed by atoms with van der Waals surface area (Å²) in [5, 5.41) is 11.5. The molecule has 2 aliphatic rings. The monoisotopic (exact) mass is 526 g/mol. The number of hydrogen-bond acceptors (Lipinski definition) is 0. The van der Waals surface area contributed by atoms with Crippen molar-refractivity contribution in [3.05, 3.63) is 56.7 Å². The molecule has 0 amide bonds. The number of allylic oxidation sites excluding steroid dienone is 4. The number of nitrogens with zero attached hydrogens (tertiary/aromatic N) is 2. The summed E-state index contributed by atoms with van der Waals surface area (Å²) in [6, 6.07) is 4.20.